The van der Waals surface area contributed by atoms with Gasteiger partial charge >= 0.3 is 0 Å². The second-order valence-corrected chi connectivity index (χ2v) is 7.79. The van der Waals surface area contributed by atoms with E-state index < -0.39 is 0 Å². The summed E-state index contributed by atoms with van der Waals surface area (Å²) in [6, 6.07) is 18.0. The van der Waals surface area contributed by atoms with Crippen molar-refractivity contribution in [2.24, 2.45) is 0 Å². The number of fused-ring (bicyclic) bond motifs is 1. The minimum Gasteiger partial charge on any atom is -0.238 e. The van der Waals surface area contributed by atoms with Crippen LogP contribution < -0.4 is 0 Å². The minimum atomic E-state index is -0.239. The van der Waals surface area contributed by atoms with Gasteiger partial charge in [-0.25, -0.2) is 9.37 Å². The summed E-state index contributed by atoms with van der Waals surface area (Å²) >= 11 is 3.34. The first-order valence-corrected chi connectivity index (χ1v) is 9.02. The number of para-hydroxylation sites is 1. The van der Waals surface area contributed by atoms with Gasteiger partial charge in [0, 0.05) is 16.2 Å². The van der Waals surface area contributed by atoms with Crippen LogP contribution in [0.2, 0.25) is 0 Å². The second-order valence-electron chi connectivity index (χ2n) is 5.50. The lowest BCUT2D eigenvalue weighted by Crippen LogP contribution is -1.82. The number of hydrogen-bond donors (Lipinski definition) is 0. The molecule has 23 heavy (non-hydrogen) atoms. The van der Waals surface area contributed by atoms with Crippen molar-refractivity contribution in [3.63, 3.8) is 0 Å². The van der Waals surface area contributed by atoms with Gasteiger partial charge in [-0.3, -0.25) is 0 Å². The lowest BCUT2D eigenvalue weighted by Gasteiger charge is -1.97. The molecule has 0 amide bonds. The van der Waals surface area contributed by atoms with Crippen LogP contribution in [0.5, 0.6) is 0 Å². The van der Waals surface area contributed by atoms with Gasteiger partial charge in [0.25, 0.3) is 0 Å². The highest BCUT2D eigenvalue weighted by Crippen LogP contribution is 2.31. The molecule has 2 aromatic carbocycles. The first-order valence-electron chi connectivity index (χ1n) is 7.39. The highest BCUT2D eigenvalue weighted by Gasteiger charge is 2.10. The Morgan fingerprint density at radius 2 is 1.78 bits per heavy atom. The first kappa shape index (κ1) is 14.5. The topological polar surface area (TPSA) is 12.9 Å². The lowest BCUT2D eigenvalue weighted by molar-refractivity contribution is 0.637. The number of aromatic nitrogens is 1. The molecule has 0 saturated carbocycles. The maximum absolute atomic E-state index is 13.7. The summed E-state index contributed by atoms with van der Waals surface area (Å²) in [7, 11) is 0. The maximum atomic E-state index is 13.7. The summed E-state index contributed by atoms with van der Waals surface area (Å²) in [6.45, 7) is 2.09. The number of halogens is 1. The second kappa shape index (κ2) is 5.87. The number of aryl methyl sites for hydroxylation is 1. The van der Waals surface area contributed by atoms with E-state index in [-0.39, 0.29) is 5.82 Å². The van der Waals surface area contributed by atoms with E-state index in [9.17, 15) is 4.39 Å². The predicted molar refractivity (Wildman–Crippen MR) is 96.9 cm³/mol. The predicted octanol–water partition coefficient (Wildman–Crippen LogP) is 6.06. The molecule has 2 heterocycles. The maximum Gasteiger partial charge on any atom is 0.150 e. The largest absolute Gasteiger partial charge is 0.238 e. The monoisotopic (exact) mass is 339 g/mol. The Morgan fingerprint density at radius 3 is 2.57 bits per heavy atom. The number of nitrogens with zero attached hydrogens (tertiary/aromatic N) is 1. The molecule has 4 rings (SSSR count). The molecule has 0 saturated heterocycles. The molecule has 0 aliphatic rings. The van der Waals surface area contributed by atoms with Crippen molar-refractivity contribution in [1.29, 1.82) is 0 Å². The van der Waals surface area contributed by atoms with Crippen LogP contribution in [0, 0.1) is 12.7 Å². The van der Waals surface area contributed by atoms with Gasteiger partial charge in [-0.05, 0) is 36.8 Å². The van der Waals surface area contributed by atoms with Gasteiger partial charge in [0.2, 0.25) is 0 Å². The SMILES string of the molecule is Cc1ccc(-c2ccc(Cc3nc4c(F)cccc4s3)s2)cc1. The molecule has 0 radical (unpaired) electrons. The van der Waals surface area contributed by atoms with E-state index in [1.807, 2.05) is 6.07 Å². The van der Waals surface area contributed by atoms with Crippen molar-refractivity contribution in [2.75, 3.05) is 0 Å². The molecule has 0 fully saturated rings. The highest BCUT2D eigenvalue weighted by molar-refractivity contribution is 7.19. The molecule has 4 heteroatoms. The van der Waals surface area contributed by atoms with Crippen molar-refractivity contribution < 1.29 is 4.39 Å². The van der Waals surface area contributed by atoms with Crippen LogP contribution in [-0.2, 0) is 6.42 Å². The van der Waals surface area contributed by atoms with E-state index in [1.54, 1.807) is 28.7 Å². The lowest BCUT2D eigenvalue weighted by atomic mass is 10.1. The summed E-state index contributed by atoms with van der Waals surface area (Å²) in [4.78, 5) is 6.96. The third-order valence-corrected chi connectivity index (χ3v) is 5.89. The van der Waals surface area contributed by atoms with Gasteiger partial charge in [-0.15, -0.1) is 22.7 Å². The quantitative estimate of drug-likeness (QED) is 0.442. The fourth-order valence-electron chi connectivity index (χ4n) is 2.53. The van der Waals surface area contributed by atoms with Crippen molar-refractivity contribution >= 4 is 32.9 Å². The Hall–Kier alpha value is -2.04. The van der Waals surface area contributed by atoms with E-state index in [1.165, 1.54) is 26.9 Å². The van der Waals surface area contributed by atoms with Crippen LogP contribution in [0.1, 0.15) is 15.4 Å². The Bertz CT molecular complexity index is 967. The van der Waals surface area contributed by atoms with Gasteiger partial charge in [0.15, 0.2) is 0 Å². The average molecular weight is 339 g/mol. The zero-order chi connectivity index (χ0) is 15.8. The van der Waals surface area contributed by atoms with Crippen LogP contribution in [0.25, 0.3) is 20.7 Å². The van der Waals surface area contributed by atoms with Gasteiger partial charge in [0.1, 0.15) is 11.3 Å². The average Bonchev–Trinajstić information content (AvgIpc) is 3.16. The van der Waals surface area contributed by atoms with Crippen LogP contribution in [0.15, 0.2) is 54.6 Å². The first-order chi connectivity index (χ1) is 11.2. The highest BCUT2D eigenvalue weighted by atomic mass is 32.1. The minimum absolute atomic E-state index is 0.239. The van der Waals surface area contributed by atoms with E-state index >= 15 is 0 Å². The van der Waals surface area contributed by atoms with Gasteiger partial charge in [-0.2, -0.15) is 0 Å². The molecule has 0 unspecified atom stereocenters. The third kappa shape index (κ3) is 2.92. The van der Waals surface area contributed by atoms with Crippen molar-refractivity contribution in [2.45, 2.75) is 13.3 Å². The number of benzene rings is 2. The molecule has 0 N–H and O–H groups in total. The Kier molecular flexibility index (Phi) is 3.71. The molecule has 2 aromatic heterocycles. The van der Waals surface area contributed by atoms with E-state index in [0.29, 0.717) is 5.52 Å². The summed E-state index contributed by atoms with van der Waals surface area (Å²) in [5.41, 5.74) is 2.99. The van der Waals surface area contributed by atoms with Crippen LogP contribution in [-0.4, -0.2) is 4.98 Å². The summed E-state index contributed by atoms with van der Waals surface area (Å²) in [6.07, 6.45) is 0.759. The molecular weight excluding hydrogens is 325 g/mol. The number of thiazole rings is 1. The number of rotatable bonds is 3. The van der Waals surface area contributed by atoms with Crippen LogP contribution in [0.3, 0.4) is 0 Å². The Labute approximate surface area is 142 Å². The van der Waals surface area contributed by atoms with Gasteiger partial charge < -0.3 is 0 Å². The molecule has 0 aliphatic heterocycles. The third-order valence-electron chi connectivity index (χ3n) is 3.74. The Balaban J connectivity index is 1.61. The number of hydrogen-bond acceptors (Lipinski definition) is 3. The van der Waals surface area contributed by atoms with Crippen LogP contribution >= 0.6 is 22.7 Å². The summed E-state index contributed by atoms with van der Waals surface area (Å²) in [5, 5.41) is 0.961. The molecule has 114 valence electrons. The Morgan fingerprint density at radius 1 is 0.957 bits per heavy atom. The fraction of sp³-hybridized carbons (Fsp3) is 0.105. The van der Waals surface area contributed by atoms with E-state index in [2.05, 4.69) is 48.3 Å². The fourth-order valence-corrected chi connectivity index (χ4v) is 4.65. The number of thiophene rings is 1. The zero-order valence-corrected chi connectivity index (χ0v) is 14.2. The van der Waals surface area contributed by atoms with Gasteiger partial charge in [-0.1, -0.05) is 35.9 Å². The van der Waals surface area contributed by atoms with Crippen molar-refractivity contribution in [3.8, 4) is 10.4 Å². The normalized spacial score (nSPS) is 11.2. The van der Waals surface area contributed by atoms with E-state index in [4.69, 9.17) is 0 Å². The molecule has 0 aliphatic carbocycles. The van der Waals surface area contributed by atoms with Crippen molar-refractivity contribution in [1.82, 2.24) is 4.98 Å². The zero-order valence-electron chi connectivity index (χ0n) is 12.5. The summed E-state index contributed by atoms with van der Waals surface area (Å²) in [5.74, 6) is -0.239. The standard InChI is InChI=1S/C19H14FNS2/c1-12-5-7-13(8-6-12)16-10-9-14(22-16)11-18-21-19-15(20)3-2-4-17(19)23-18/h2-10H,11H2,1H3. The van der Waals surface area contributed by atoms with Crippen LogP contribution in [0.4, 0.5) is 4.39 Å². The molecule has 0 bridgehead atoms. The van der Waals surface area contributed by atoms with Crippen molar-refractivity contribution in [3.05, 3.63) is 75.9 Å². The molecular formula is C19H14FNS2. The smallest absolute Gasteiger partial charge is 0.150 e. The van der Waals surface area contributed by atoms with E-state index in [0.717, 1.165) is 16.1 Å². The molecule has 0 atom stereocenters. The summed E-state index contributed by atoms with van der Waals surface area (Å²) < 4.78 is 14.7. The van der Waals surface area contributed by atoms with Gasteiger partial charge in [0.05, 0.1) is 9.71 Å². The molecule has 0 spiro atoms. The molecule has 4 aromatic rings. The molecule has 1 nitrogen and oxygen atoms in total.